The van der Waals surface area contributed by atoms with Crippen LogP contribution in [0.15, 0.2) is 20.8 Å². The zero-order valence-corrected chi connectivity index (χ0v) is 14.9. The van der Waals surface area contributed by atoms with Gasteiger partial charge in [0, 0.05) is 32.0 Å². The van der Waals surface area contributed by atoms with E-state index in [4.69, 9.17) is 55.2 Å². The summed E-state index contributed by atoms with van der Waals surface area (Å²) in [6.07, 6.45) is 0. The van der Waals surface area contributed by atoms with Crippen molar-refractivity contribution in [3.05, 3.63) is 16.1 Å². The van der Waals surface area contributed by atoms with Crippen molar-refractivity contribution < 1.29 is 25.3 Å². The summed E-state index contributed by atoms with van der Waals surface area (Å²) in [6, 6.07) is 0.666. The summed E-state index contributed by atoms with van der Waals surface area (Å²) in [5.41, 5.74) is 0. The first-order valence-electron chi connectivity index (χ1n) is 4.03. The monoisotopic (exact) mass is 440 g/mol. The highest BCUT2D eigenvalue weighted by Gasteiger charge is 2.36. The van der Waals surface area contributed by atoms with Crippen molar-refractivity contribution in [2.24, 2.45) is 0 Å². The Morgan fingerprint density at radius 1 is 0.600 bits per heavy atom. The molecule has 0 bridgehead atoms. The zero-order valence-electron chi connectivity index (χ0n) is 8.64. The number of halogens is 5. The second kappa shape index (κ2) is 5.62. The minimum Gasteiger partial charge on any atom is -0.207 e. The van der Waals surface area contributed by atoms with E-state index in [9.17, 15) is 25.3 Å². The summed E-state index contributed by atoms with van der Waals surface area (Å²) in [5, 5.41) is -1.46. The largest absolute Gasteiger partial charge is 0.264 e. The molecule has 1 rings (SSSR count). The van der Waals surface area contributed by atoms with Gasteiger partial charge >= 0.3 is 0 Å². The maximum atomic E-state index is 11.5. The van der Waals surface area contributed by atoms with Gasteiger partial charge in [0.15, 0.2) is 0 Å². The van der Waals surface area contributed by atoms with E-state index in [0.717, 1.165) is 0 Å². The molecular weight excluding hydrogens is 442 g/mol. The molecule has 0 radical (unpaired) electrons. The van der Waals surface area contributed by atoms with Crippen LogP contribution < -0.4 is 0 Å². The molecule has 0 saturated heterocycles. The van der Waals surface area contributed by atoms with Gasteiger partial charge in [-0.25, -0.2) is 25.3 Å². The van der Waals surface area contributed by atoms with Gasteiger partial charge in [0.25, 0.3) is 27.2 Å². The van der Waals surface area contributed by atoms with E-state index in [2.05, 4.69) is 0 Å². The lowest BCUT2D eigenvalue weighted by molar-refractivity contribution is 0.589. The molecule has 0 heterocycles. The molecular formula is C6HCl5O6S3. The van der Waals surface area contributed by atoms with Gasteiger partial charge in [-0.2, -0.15) is 0 Å². The van der Waals surface area contributed by atoms with Crippen molar-refractivity contribution in [2.75, 3.05) is 0 Å². The smallest absolute Gasteiger partial charge is 0.207 e. The molecule has 0 aromatic heterocycles. The number of benzene rings is 1. The predicted molar refractivity (Wildman–Crippen MR) is 75.6 cm³/mol. The number of rotatable bonds is 3. The average Bonchev–Trinajstić information content (AvgIpc) is 2.09. The molecule has 0 spiro atoms. The van der Waals surface area contributed by atoms with E-state index in [1.165, 1.54) is 0 Å². The number of hydrogen-bond donors (Lipinski definition) is 0. The minimum atomic E-state index is -4.90. The molecule has 20 heavy (non-hydrogen) atoms. The van der Waals surface area contributed by atoms with Gasteiger partial charge in [0.1, 0.15) is 14.7 Å². The third kappa shape index (κ3) is 3.83. The quantitative estimate of drug-likeness (QED) is 0.667. The summed E-state index contributed by atoms with van der Waals surface area (Å²) >= 11 is 11.1. The molecule has 0 atom stereocenters. The van der Waals surface area contributed by atoms with Crippen LogP contribution in [-0.2, 0) is 27.2 Å². The van der Waals surface area contributed by atoms with E-state index in [0.29, 0.717) is 6.07 Å². The van der Waals surface area contributed by atoms with Crippen LogP contribution >= 0.6 is 55.2 Å². The van der Waals surface area contributed by atoms with Gasteiger partial charge in [0.05, 0.1) is 10.0 Å². The molecule has 1 aromatic rings. The maximum Gasteiger partial charge on any atom is 0.264 e. The minimum absolute atomic E-state index is 0.666. The van der Waals surface area contributed by atoms with Crippen LogP contribution in [0.3, 0.4) is 0 Å². The molecule has 0 saturated carbocycles. The van der Waals surface area contributed by atoms with Crippen molar-refractivity contribution in [1.82, 2.24) is 0 Å². The van der Waals surface area contributed by atoms with Crippen LogP contribution in [0.2, 0.25) is 10.0 Å². The second-order valence-electron chi connectivity index (χ2n) is 3.14. The summed E-state index contributed by atoms with van der Waals surface area (Å²) in [4.78, 5) is -3.85. The van der Waals surface area contributed by atoms with Crippen LogP contribution in [0.25, 0.3) is 0 Å². The molecule has 0 N–H and O–H groups in total. The average molecular weight is 443 g/mol. The highest BCUT2D eigenvalue weighted by molar-refractivity contribution is 8.17. The standard InChI is InChI=1S/C6HCl5O6S3/c7-2-1-3(8)5(19(10,14)15)6(20(11,16)17)4(2)18(9,12)13/h1H. The molecule has 0 unspecified atom stereocenters. The summed E-state index contributed by atoms with van der Waals surface area (Å²) in [5.74, 6) is 0. The van der Waals surface area contributed by atoms with Crippen molar-refractivity contribution in [3.8, 4) is 0 Å². The molecule has 0 amide bonds. The van der Waals surface area contributed by atoms with Crippen LogP contribution in [0.5, 0.6) is 0 Å². The Hall–Kier alpha value is 0.520. The van der Waals surface area contributed by atoms with E-state index in [1.54, 1.807) is 0 Å². The van der Waals surface area contributed by atoms with Crippen LogP contribution in [0, 0.1) is 0 Å². The van der Waals surface area contributed by atoms with E-state index >= 15 is 0 Å². The van der Waals surface area contributed by atoms with Gasteiger partial charge in [-0.15, -0.1) is 0 Å². The lowest BCUT2D eigenvalue weighted by atomic mass is 10.3. The van der Waals surface area contributed by atoms with Gasteiger partial charge in [0.2, 0.25) is 0 Å². The molecule has 0 aliphatic carbocycles. The Labute approximate surface area is 137 Å². The Morgan fingerprint density at radius 2 is 0.850 bits per heavy atom. The highest BCUT2D eigenvalue weighted by Crippen LogP contribution is 2.42. The fraction of sp³-hybridized carbons (Fsp3) is 0. The van der Waals surface area contributed by atoms with Crippen molar-refractivity contribution in [1.29, 1.82) is 0 Å². The molecule has 0 fully saturated rings. The molecule has 0 aliphatic rings. The predicted octanol–water partition coefficient (Wildman–Crippen LogP) is 2.78. The van der Waals surface area contributed by atoms with E-state index < -0.39 is 51.9 Å². The molecule has 114 valence electrons. The normalized spacial score (nSPS) is 13.4. The first kappa shape index (κ1) is 18.6. The highest BCUT2D eigenvalue weighted by atomic mass is 35.7. The Balaban J connectivity index is 4.32. The molecule has 1 aromatic carbocycles. The van der Waals surface area contributed by atoms with Crippen molar-refractivity contribution in [3.63, 3.8) is 0 Å². The Bertz CT molecular complexity index is 829. The van der Waals surface area contributed by atoms with Crippen LogP contribution in [-0.4, -0.2) is 25.3 Å². The lowest BCUT2D eigenvalue weighted by Crippen LogP contribution is -2.09. The SMILES string of the molecule is O=S(=O)(Cl)c1c(Cl)cc(Cl)c(S(=O)(=O)Cl)c1S(=O)(=O)Cl. The van der Waals surface area contributed by atoms with E-state index in [1.807, 2.05) is 0 Å². The number of hydrogen-bond acceptors (Lipinski definition) is 6. The van der Waals surface area contributed by atoms with Gasteiger partial charge in [-0.3, -0.25) is 0 Å². The fourth-order valence-electron chi connectivity index (χ4n) is 1.24. The van der Waals surface area contributed by atoms with Crippen LogP contribution in [0.1, 0.15) is 0 Å². The Morgan fingerprint density at radius 3 is 1.05 bits per heavy atom. The van der Waals surface area contributed by atoms with E-state index in [-0.39, 0.29) is 0 Å². The molecule has 0 aliphatic heterocycles. The third-order valence-electron chi connectivity index (χ3n) is 1.83. The van der Waals surface area contributed by atoms with Gasteiger partial charge < -0.3 is 0 Å². The topological polar surface area (TPSA) is 102 Å². The summed E-state index contributed by atoms with van der Waals surface area (Å²) in [6.45, 7) is 0. The summed E-state index contributed by atoms with van der Waals surface area (Å²) < 4.78 is 68.5. The molecule has 14 heteroatoms. The van der Waals surface area contributed by atoms with Gasteiger partial charge in [-0.1, -0.05) is 23.2 Å². The zero-order chi connectivity index (χ0) is 16.1. The molecule has 6 nitrogen and oxygen atoms in total. The second-order valence-corrected chi connectivity index (χ2v) is 11.5. The fourth-order valence-corrected chi connectivity index (χ4v) is 7.91. The van der Waals surface area contributed by atoms with Crippen molar-refractivity contribution >= 4 is 82.4 Å². The maximum absolute atomic E-state index is 11.5. The van der Waals surface area contributed by atoms with Gasteiger partial charge in [-0.05, 0) is 6.07 Å². The van der Waals surface area contributed by atoms with Crippen molar-refractivity contribution in [2.45, 2.75) is 14.7 Å². The Kier molecular flexibility index (Phi) is 5.22. The first-order chi connectivity index (χ1) is 8.67. The lowest BCUT2D eigenvalue weighted by Gasteiger charge is -2.11. The third-order valence-corrected chi connectivity index (χ3v) is 7.02. The summed E-state index contributed by atoms with van der Waals surface area (Å²) in [7, 11) is 0.697. The first-order valence-corrected chi connectivity index (χ1v) is 11.7. The van der Waals surface area contributed by atoms with Crippen LogP contribution in [0.4, 0.5) is 0 Å².